The summed E-state index contributed by atoms with van der Waals surface area (Å²) < 4.78 is 21.1. The SMILES string of the molecule is CCCC(CC)(c1ccc(-c2sc(-c3ccc(-c4sc(-c5ccc(C(C)C)s5)c(-c5ccccc5)c4-c4ccccc4)c4nsnc34)c(-c3ccccc3)c2-c2ccccc2)s1)C(C)(CC)c1sc(-c2ccc(-c3ccc(-c4ccc(-c5sc(C(C)(C)CC)c(-c6ccccc6)c5-c5ccccc5)s4)c4nsnc34)s2)c(-c2ccccc2)c1-c1ccccc1. The van der Waals surface area contributed by atoms with Gasteiger partial charge < -0.3 is 0 Å². The molecule has 0 fully saturated rings. The predicted molar refractivity (Wildman–Crippen MR) is 547 cm³/mol. The maximum absolute atomic E-state index is 5.39. The zero-order chi connectivity index (χ0) is 84.4. The van der Waals surface area contributed by atoms with Crippen molar-refractivity contribution in [3.05, 3.63) is 335 Å². The van der Waals surface area contributed by atoms with Crippen LogP contribution in [0.2, 0.25) is 0 Å². The Morgan fingerprint density at radius 3 is 0.911 bits per heavy atom. The average Bonchev–Trinajstić information content (AvgIpc) is 1.49. The normalized spacial score (nSPS) is 12.9. The monoisotopic (exact) mass is 1790 g/mol. The predicted octanol–water partition coefficient (Wildman–Crippen LogP) is 36.5. The van der Waals surface area contributed by atoms with Gasteiger partial charge in [0.05, 0.1) is 43.0 Å². The van der Waals surface area contributed by atoms with Crippen molar-refractivity contribution in [1.29, 1.82) is 0 Å². The first-order chi connectivity index (χ1) is 60.8. The van der Waals surface area contributed by atoms with Crippen molar-refractivity contribution in [2.45, 2.75) is 117 Å². The first-order valence-electron chi connectivity index (χ1n) is 42.8. The van der Waals surface area contributed by atoms with E-state index in [9.17, 15) is 0 Å². The number of benzene rings is 10. The lowest BCUT2D eigenvalue weighted by molar-refractivity contribution is 0.204. The van der Waals surface area contributed by atoms with E-state index in [0.717, 1.165) is 76.4 Å². The lowest BCUT2D eigenvalue weighted by Crippen LogP contribution is -2.46. The van der Waals surface area contributed by atoms with Crippen LogP contribution in [-0.2, 0) is 16.2 Å². The van der Waals surface area contributed by atoms with Gasteiger partial charge >= 0.3 is 0 Å². The second-order valence-electron chi connectivity index (χ2n) is 33.2. The summed E-state index contributed by atoms with van der Waals surface area (Å²) in [7, 11) is 0. The Kier molecular flexibility index (Phi) is 22.7. The first-order valence-corrected chi connectivity index (χ1v) is 50.8. The van der Waals surface area contributed by atoms with Gasteiger partial charge in [0.1, 0.15) is 22.1 Å². The van der Waals surface area contributed by atoms with Crippen LogP contribution in [0.1, 0.15) is 120 Å². The topological polar surface area (TPSA) is 51.6 Å². The first kappa shape index (κ1) is 81.8. The van der Waals surface area contributed by atoms with Gasteiger partial charge in [-0.2, -0.15) is 17.5 Å². The molecule has 10 aromatic carbocycles. The number of fused-ring (bicyclic) bond motifs is 2. The van der Waals surface area contributed by atoms with Gasteiger partial charge in [-0.1, -0.05) is 336 Å². The molecule has 0 radical (unpaired) electrons. The number of hydrogen-bond acceptors (Lipinski definition) is 14. The molecule has 14 heteroatoms. The molecule has 2 unspecified atom stereocenters. The molecule has 0 amide bonds. The molecule has 20 rings (SSSR count). The van der Waals surface area contributed by atoms with Gasteiger partial charge in [-0.3, -0.25) is 0 Å². The summed E-state index contributed by atoms with van der Waals surface area (Å²) in [4.78, 5) is 20.6. The molecule has 10 heterocycles. The third-order valence-corrected chi connectivity index (χ3v) is 37.6. The highest BCUT2D eigenvalue weighted by atomic mass is 32.1. The van der Waals surface area contributed by atoms with Crippen molar-refractivity contribution in [3.63, 3.8) is 0 Å². The number of thiophene rings is 8. The molecule has 0 spiro atoms. The van der Waals surface area contributed by atoms with Gasteiger partial charge in [-0.05, 0) is 130 Å². The molecule has 4 nitrogen and oxygen atoms in total. The minimum atomic E-state index is -0.367. The van der Waals surface area contributed by atoms with Gasteiger partial charge in [-0.25, -0.2) is 0 Å². The summed E-state index contributed by atoms with van der Waals surface area (Å²) in [5, 5.41) is 0. The van der Waals surface area contributed by atoms with Crippen LogP contribution in [0, 0.1) is 0 Å². The molecular weight excluding hydrogens is 1700 g/mol. The van der Waals surface area contributed by atoms with Gasteiger partial charge in [0.2, 0.25) is 0 Å². The molecule has 0 bridgehead atoms. The van der Waals surface area contributed by atoms with E-state index in [1.165, 1.54) is 191 Å². The van der Waals surface area contributed by atoms with E-state index < -0.39 is 0 Å². The zero-order valence-electron chi connectivity index (χ0n) is 70.5. The van der Waals surface area contributed by atoms with Crippen LogP contribution < -0.4 is 0 Å². The summed E-state index contributed by atoms with van der Waals surface area (Å²) in [6, 6.07) is 117. The van der Waals surface area contributed by atoms with Crippen molar-refractivity contribution in [1.82, 2.24) is 17.5 Å². The smallest absolute Gasteiger partial charge is 0.114 e. The van der Waals surface area contributed by atoms with E-state index in [-0.39, 0.29) is 16.2 Å². The molecule has 10 aromatic heterocycles. The quantitative estimate of drug-likeness (QED) is 0.0542. The molecule has 0 saturated carbocycles. The van der Waals surface area contributed by atoms with Crippen LogP contribution in [0.4, 0.5) is 0 Å². The summed E-state index contributed by atoms with van der Waals surface area (Å²) in [5.41, 5.74) is 27.3. The van der Waals surface area contributed by atoms with Crippen molar-refractivity contribution in [3.8, 4) is 170 Å². The Balaban J connectivity index is 0.712. The molecule has 124 heavy (non-hydrogen) atoms. The Bertz CT molecular complexity index is 7190. The van der Waals surface area contributed by atoms with Crippen LogP contribution in [0.15, 0.2) is 315 Å². The Morgan fingerprint density at radius 2 is 0.556 bits per heavy atom. The summed E-state index contributed by atoms with van der Waals surface area (Å²) in [6.07, 6.45) is 4.92. The van der Waals surface area contributed by atoms with E-state index >= 15 is 0 Å². The largest absolute Gasteiger partial charge is 0.172 e. The van der Waals surface area contributed by atoms with Crippen LogP contribution in [-0.4, -0.2) is 17.5 Å². The Labute approximate surface area is 767 Å². The maximum atomic E-state index is 5.39. The molecule has 2 atom stereocenters. The number of aromatic nitrogens is 4. The van der Waals surface area contributed by atoms with Crippen LogP contribution in [0.3, 0.4) is 0 Å². The lowest BCUT2D eigenvalue weighted by Gasteiger charge is -2.48. The van der Waals surface area contributed by atoms with Gasteiger partial charge in [-0.15, -0.1) is 90.7 Å². The molecular formula is C110H90N4S10. The summed E-state index contributed by atoms with van der Waals surface area (Å²) >= 11 is 18.1. The fourth-order valence-electron chi connectivity index (χ4n) is 18.6. The minimum Gasteiger partial charge on any atom is -0.172 e. The third kappa shape index (κ3) is 14.4. The molecule has 0 N–H and O–H groups in total. The molecule has 0 aliphatic heterocycles. The minimum absolute atomic E-state index is 0.0343. The highest BCUT2D eigenvalue weighted by molar-refractivity contribution is 7.27. The number of hydrogen-bond donors (Lipinski definition) is 0. The fraction of sp³-hybridized carbons (Fsp3) is 0.164. The second-order valence-corrected chi connectivity index (χ2v) is 42.7. The van der Waals surface area contributed by atoms with Crippen LogP contribution >= 0.6 is 114 Å². The van der Waals surface area contributed by atoms with Crippen molar-refractivity contribution in [2.75, 3.05) is 0 Å². The van der Waals surface area contributed by atoms with E-state index in [1.54, 1.807) is 0 Å². The molecule has 0 aliphatic carbocycles. The van der Waals surface area contributed by atoms with Gasteiger partial charge in [0.15, 0.2) is 0 Å². The highest BCUT2D eigenvalue weighted by Gasteiger charge is 2.51. The highest BCUT2D eigenvalue weighted by Crippen LogP contribution is 2.65. The maximum Gasteiger partial charge on any atom is 0.114 e. The van der Waals surface area contributed by atoms with Crippen LogP contribution in [0.25, 0.3) is 192 Å². The number of nitrogens with zero attached hydrogens (tertiary/aromatic N) is 4. The number of rotatable bonds is 26. The van der Waals surface area contributed by atoms with Crippen LogP contribution in [0.5, 0.6) is 0 Å². The molecule has 0 saturated heterocycles. The fourth-order valence-corrected chi connectivity index (χ4v) is 30.7. The second kappa shape index (κ2) is 34.4. The molecule has 610 valence electrons. The van der Waals surface area contributed by atoms with E-state index in [1.807, 2.05) is 90.7 Å². The van der Waals surface area contributed by atoms with E-state index in [0.29, 0.717) is 5.92 Å². The average molecular weight is 1790 g/mol. The third-order valence-electron chi connectivity index (χ3n) is 25.4. The van der Waals surface area contributed by atoms with Gasteiger partial charge in [0, 0.05) is 136 Å². The van der Waals surface area contributed by atoms with E-state index in [4.69, 9.17) is 17.5 Å². The molecule has 20 aromatic rings. The van der Waals surface area contributed by atoms with Crippen molar-refractivity contribution in [2.24, 2.45) is 0 Å². The van der Waals surface area contributed by atoms with Crippen molar-refractivity contribution >= 4 is 136 Å². The molecule has 0 aliphatic rings. The standard InChI is InChI=1S/C110H90N4S10/c1-10-66-110(13-4,87-65-64-86(118-87)103-91(71-44-28-17-29-45-71)89(69-40-24-15-25-41-69)101(120-103)79-57-56-78(98-99(79)114-124-113-98)100-88(68-38-22-14-23-39-68)90(70-42-26-16-27-43-70)102(119-100)83-61-58-80(115-83)67(5)6)109(9,12-3)107-95(75-52-36-21-37-53-75)93(73-48-32-19-33-49-73)105(122-107)85-63-60-82(117-85)77-55-54-76(96-97(77)112-123-111-96)81-59-62-84(116-81)104-92(72-46-30-18-31-47-72)94(74-50-34-20-35-51-74)106(121-104)108(7,8)11-2/h14-65,67H,10-13,66H2,1-9H3. The summed E-state index contributed by atoms with van der Waals surface area (Å²) in [5.74, 6) is 0.422. The summed E-state index contributed by atoms with van der Waals surface area (Å²) in [6.45, 7) is 21.7. The zero-order valence-corrected chi connectivity index (χ0v) is 78.7. The van der Waals surface area contributed by atoms with E-state index in [2.05, 4.69) is 378 Å². The Morgan fingerprint density at radius 1 is 0.258 bits per heavy atom. The lowest BCUT2D eigenvalue weighted by atomic mass is 9.57. The van der Waals surface area contributed by atoms with Gasteiger partial charge in [0.25, 0.3) is 0 Å². The Hall–Kier alpha value is -10.6. The van der Waals surface area contributed by atoms with Crippen molar-refractivity contribution < 1.29 is 0 Å².